The van der Waals surface area contributed by atoms with Gasteiger partial charge in [0.25, 0.3) is 10.0 Å². The zero-order chi connectivity index (χ0) is 23.3. The number of sulfonamides is 1. The first-order chi connectivity index (χ1) is 15.8. The minimum absolute atomic E-state index is 0.320. The molecule has 0 amide bonds. The van der Waals surface area contributed by atoms with Gasteiger partial charge in [-0.25, -0.2) is 8.42 Å². The van der Waals surface area contributed by atoms with Crippen molar-refractivity contribution < 1.29 is 13.5 Å². The number of fused-ring (bicyclic) bond motifs is 3. The van der Waals surface area contributed by atoms with Crippen molar-refractivity contribution >= 4 is 75.0 Å². The molecule has 2 atom stereocenters. The number of piperazine rings is 1. The summed E-state index contributed by atoms with van der Waals surface area (Å²) < 4.78 is 32.0. The van der Waals surface area contributed by atoms with E-state index in [1.54, 1.807) is 28.7 Å². The maximum absolute atomic E-state index is 13.0. The predicted molar refractivity (Wildman–Crippen MR) is 140 cm³/mol. The van der Waals surface area contributed by atoms with Gasteiger partial charge in [-0.15, -0.1) is 11.3 Å². The third-order valence-corrected chi connectivity index (χ3v) is 10.4. The number of nitrogens with zero attached hydrogens (tertiary/aromatic N) is 3. The molecule has 1 fully saturated rings. The number of thiophene rings is 1. The second-order valence-corrected chi connectivity index (χ2v) is 13.2. The van der Waals surface area contributed by atoms with Crippen molar-refractivity contribution in [3.05, 3.63) is 62.9 Å². The van der Waals surface area contributed by atoms with Crippen LogP contribution in [0.2, 0.25) is 0 Å². The predicted octanol–water partition coefficient (Wildman–Crippen LogP) is 5.27. The molecule has 0 saturated carbocycles. The van der Waals surface area contributed by atoms with Crippen molar-refractivity contribution in [1.29, 1.82) is 0 Å². The Bertz CT molecular complexity index is 1350. The fraction of sp³-hybridized carbons (Fsp3) is 0.304. The molecule has 1 saturated heterocycles. The average Bonchev–Trinajstić information content (AvgIpc) is 3.42. The summed E-state index contributed by atoms with van der Waals surface area (Å²) in [6.07, 6.45) is -0.976. The van der Waals surface area contributed by atoms with Crippen LogP contribution in [-0.2, 0) is 10.0 Å². The van der Waals surface area contributed by atoms with Crippen LogP contribution in [0.4, 0.5) is 0 Å². The highest BCUT2D eigenvalue weighted by molar-refractivity contribution is 9.10. The number of halogens is 2. The minimum Gasteiger partial charge on any atom is -0.390 e. The van der Waals surface area contributed by atoms with E-state index in [2.05, 4.69) is 65.6 Å². The lowest BCUT2D eigenvalue weighted by Crippen LogP contribution is -2.52. The molecule has 0 aliphatic carbocycles. The molecule has 174 valence electrons. The monoisotopic (exact) mass is 611 g/mol. The summed E-state index contributed by atoms with van der Waals surface area (Å²) in [5.74, 6) is 0. The van der Waals surface area contributed by atoms with Crippen LogP contribution in [-0.4, -0.2) is 59.6 Å². The molecule has 2 aromatic heterocycles. The maximum Gasteiger partial charge on any atom is 0.252 e. The maximum atomic E-state index is 13.0. The SMILES string of the molecule is CC(O)C(N1CCN(S(=O)(=O)c2cccs2)CC1)n1c2ccc(Br)cc2c2cc(Br)ccc21. The molecule has 0 bridgehead atoms. The number of aliphatic hydroxyl groups is 1. The van der Waals surface area contributed by atoms with Gasteiger partial charge in [0.1, 0.15) is 10.4 Å². The highest BCUT2D eigenvalue weighted by Crippen LogP contribution is 2.37. The molecule has 2 aromatic carbocycles. The molecule has 6 nitrogen and oxygen atoms in total. The van der Waals surface area contributed by atoms with Crippen LogP contribution >= 0.6 is 43.2 Å². The summed E-state index contributed by atoms with van der Waals surface area (Å²) in [7, 11) is -3.48. The Morgan fingerprint density at radius 2 is 1.52 bits per heavy atom. The third kappa shape index (κ3) is 4.20. The first-order valence-electron chi connectivity index (χ1n) is 10.6. The van der Waals surface area contributed by atoms with Crippen LogP contribution in [0.3, 0.4) is 0 Å². The molecular weight excluding hydrogens is 590 g/mol. The summed E-state index contributed by atoms with van der Waals surface area (Å²) in [5, 5.41) is 14.9. The van der Waals surface area contributed by atoms with Gasteiger partial charge in [0.15, 0.2) is 0 Å². The van der Waals surface area contributed by atoms with E-state index in [0.29, 0.717) is 30.4 Å². The molecular formula is C23H23Br2N3O3S2. The van der Waals surface area contributed by atoms with E-state index < -0.39 is 16.1 Å². The Balaban J connectivity index is 1.53. The lowest BCUT2D eigenvalue weighted by atomic mass is 10.2. The van der Waals surface area contributed by atoms with Gasteiger partial charge >= 0.3 is 0 Å². The Morgan fingerprint density at radius 3 is 2.00 bits per heavy atom. The molecule has 1 aliphatic heterocycles. The van der Waals surface area contributed by atoms with E-state index in [9.17, 15) is 13.5 Å². The number of hydrogen-bond acceptors (Lipinski definition) is 5. The van der Waals surface area contributed by atoms with E-state index in [0.717, 1.165) is 30.8 Å². The Hall–Kier alpha value is -1.27. The van der Waals surface area contributed by atoms with Crippen molar-refractivity contribution in [2.45, 2.75) is 23.4 Å². The number of benzene rings is 2. The van der Waals surface area contributed by atoms with Gasteiger partial charge in [0.05, 0.1) is 17.1 Å². The summed E-state index contributed by atoms with van der Waals surface area (Å²) in [5.41, 5.74) is 2.07. The van der Waals surface area contributed by atoms with Gasteiger partial charge in [-0.3, -0.25) is 4.90 Å². The first-order valence-corrected chi connectivity index (χ1v) is 14.5. The number of hydrogen-bond donors (Lipinski definition) is 1. The normalized spacial score (nSPS) is 18.2. The van der Waals surface area contributed by atoms with Gasteiger partial charge in [0, 0.05) is 45.9 Å². The van der Waals surface area contributed by atoms with Crippen LogP contribution < -0.4 is 0 Å². The van der Waals surface area contributed by atoms with Crippen molar-refractivity contribution in [2.75, 3.05) is 26.2 Å². The van der Waals surface area contributed by atoms with E-state index in [1.807, 2.05) is 12.1 Å². The second kappa shape index (κ2) is 9.07. The van der Waals surface area contributed by atoms with Crippen LogP contribution in [0.25, 0.3) is 21.8 Å². The van der Waals surface area contributed by atoms with Crippen LogP contribution in [0.1, 0.15) is 13.1 Å². The van der Waals surface area contributed by atoms with E-state index in [4.69, 9.17) is 0 Å². The number of rotatable bonds is 5. The topological polar surface area (TPSA) is 65.8 Å². The van der Waals surface area contributed by atoms with Crippen molar-refractivity contribution in [3.8, 4) is 0 Å². The van der Waals surface area contributed by atoms with E-state index >= 15 is 0 Å². The molecule has 4 aromatic rings. The lowest BCUT2D eigenvalue weighted by Gasteiger charge is -2.40. The Kier molecular flexibility index (Phi) is 6.45. The van der Waals surface area contributed by atoms with E-state index in [1.165, 1.54) is 11.3 Å². The first kappa shape index (κ1) is 23.5. The van der Waals surface area contributed by atoms with Crippen molar-refractivity contribution in [1.82, 2.24) is 13.8 Å². The van der Waals surface area contributed by atoms with E-state index in [-0.39, 0.29) is 6.17 Å². The number of aromatic nitrogens is 1. The molecule has 3 heterocycles. The minimum atomic E-state index is -3.48. The fourth-order valence-corrected chi connectivity index (χ4v) is 8.00. The standard InChI is InChI=1S/C23H23Br2N3O3S2/c1-15(29)23(26-8-10-27(11-9-26)33(30,31)22-3-2-12-32-22)28-20-6-4-16(24)13-18(20)19-14-17(25)5-7-21(19)28/h2-7,12-15,23,29H,8-11H2,1H3. The van der Waals surface area contributed by atoms with Crippen LogP contribution in [0.5, 0.6) is 0 Å². The van der Waals surface area contributed by atoms with Gasteiger partial charge in [0.2, 0.25) is 0 Å². The van der Waals surface area contributed by atoms with Crippen molar-refractivity contribution in [3.63, 3.8) is 0 Å². The van der Waals surface area contributed by atoms with Gasteiger partial charge in [-0.05, 0) is 54.8 Å². The fourth-order valence-electron chi connectivity index (χ4n) is 4.71. The molecule has 33 heavy (non-hydrogen) atoms. The smallest absolute Gasteiger partial charge is 0.252 e. The molecule has 2 unspecified atom stereocenters. The largest absolute Gasteiger partial charge is 0.390 e. The summed E-state index contributed by atoms with van der Waals surface area (Å²) in [6, 6.07) is 15.8. The highest BCUT2D eigenvalue weighted by atomic mass is 79.9. The molecule has 0 spiro atoms. The zero-order valence-corrected chi connectivity index (χ0v) is 22.7. The Labute approximate surface area is 213 Å². The van der Waals surface area contributed by atoms with Crippen molar-refractivity contribution in [2.24, 2.45) is 0 Å². The molecule has 1 aliphatic rings. The Morgan fingerprint density at radius 1 is 0.939 bits per heavy atom. The molecule has 1 N–H and O–H groups in total. The zero-order valence-electron chi connectivity index (χ0n) is 17.9. The number of aliphatic hydroxyl groups excluding tert-OH is 1. The second-order valence-electron chi connectivity index (χ2n) is 8.22. The van der Waals surface area contributed by atoms with Gasteiger partial charge in [-0.1, -0.05) is 37.9 Å². The van der Waals surface area contributed by atoms with Crippen LogP contribution in [0, 0.1) is 0 Å². The average molecular weight is 613 g/mol. The quantitative estimate of drug-likeness (QED) is 0.334. The highest BCUT2D eigenvalue weighted by Gasteiger charge is 2.34. The summed E-state index contributed by atoms with van der Waals surface area (Å²) in [4.78, 5) is 2.19. The van der Waals surface area contributed by atoms with Gasteiger partial charge in [-0.2, -0.15) is 4.31 Å². The molecule has 5 rings (SSSR count). The van der Waals surface area contributed by atoms with Gasteiger partial charge < -0.3 is 9.67 Å². The summed E-state index contributed by atoms with van der Waals surface area (Å²) >= 11 is 8.42. The lowest BCUT2D eigenvalue weighted by molar-refractivity contribution is 0.00619. The third-order valence-electron chi connectivity index (χ3n) is 6.16. The molecule has 10 heteroatoms. The summed E-state index contributed by atoms with van der Waals surface area (Å²) in [6.45, 7) is 3.65. The van der Waals surface area contributed by atoms with Crippen LogP contribution in [0.15, 0.2) is 67.1 Å². The molecule has 0 radical (unpaired) electrons.